The monoisotopic (exact) mass is 373 g/mol. The maximum atomic E-state index is 12.6. The summed E-state index contributed by atoms with van der Waals surface area (Å²) in [6.45, 7) is 9.68. The largest absolute Gasteiger partial charge is 0.448 e. The summed E-state index contributed by atoms with van der Waals surface area (Å²) in [5.74, 6) is -0.147. The van der Waals surface area contributed by atoms with E-state index < -0.39 is 0 Å². The fourth-order valence-corrected chi connectivity index (χ4v) is 3.62. The summed E-state index contributed by atoms with van der Waals surface area (Å²) in [4.78, 5) is 30.9. The van der Waals surface area contributed by atoms with Gasteiger partial charge in [-0.25, -0.2) is 9.78 Å². The van der Waals surface area contributed by atoms with Crippen LogP contribution in [0.1, 0.15) is 46.7 Å². The summed E-state index contributed by atoms with van der Waals surface area (Å²) in [6, 6.07) is 7.49. The summed E-state index contributed by atoms with van der Waals surface area (Å²) in [6.07, 6.45) is -0.280. The molecule has 1 aromatic carbocycles. The van der Waals surface area contributed by atoms with Crippen molar-refractivity contribution in [2.24, 2.45) is 0 Å². The van der Waals surface area contributed by atoms with Gasteiger partial charge in [0.2, 0.25) is 0 Å². The third kappa shape index (κ3) is 4.04. The fourth-order valence-electron chi connectivity index (χ4n) is 2.60. The van der Waals surface area contributed by atoms with Gasteiger partial charge in [-0.3, -0.25) is 4.79 Å². The number of rotatable bonds is 4. The number of carbonyl (C=O) groups excluding carboxylic acids is 2. The van der Waals surface area contributed by atoms with Gasteiger partial charge in [-0.05, 0) is 24.6 Å². The second-order valence-corrected chi connectivity index (χ2v) is 8.37. The SMILES string of the molecule is Cc1nc(C(C)(C)C)sc1C(=O)Nc1ccc(CN2CCOC2=O)cc1. The molecule has 26 heavy (non-hydrogen) atoms. The van der Waals surface area contributed by atoms with Crippen LogP contribution in [-0.2, 0) is 16.7 Å². The van der Waals surface area contributed by atoms with E-state index in [0.29, 0.717) is 30.3 Å². The molecule has 6 nitrogen and oxygen atoms in total. The molecule has 3 rings (SSSR count). The molecular weight excluding hydrogens is 350 g/mol. The molecule has 0 bridgehead atoms. The van der Waals surface area contributed by atoms with Crippen molar-refractivity contribution in [3.05, 3.63) is 45.4 Å². The molecule has 2 aromatic rings. The first-order valence-electron chi connectivity index (χ1n) is 8.54. The van der Waals surface area contributed by atoms with Crippen LogP contribution in [0.5, 0.6) is 0 Å². The Kier molecular flexibility index (Phi) is 5.00. The zero-order valence-corrected chi connectivity index (χ0v) is 16.3. The van der Waals surface area contributed by atoms with Crippen molar-refractivity contribution in [1.29, 1.82) is 0 Å². The summed E-state index contributed by atoms with van der Waals surface area (Å²) in [5.41, 5.74) is 2.38. The van der Waals surface area contributed by atoms with Crippen LogP contribution in [-0.4, -0.2) is 35.0 Å². The maximum Gasteiger partial charge on any atom is 0.410 e. The topological polar surface area (TPSA) is 71.5 Å². The molecule has 0 spiro atoms. The second kappa shape index (κ2) is 7.07. The molecule has 0 radical (unpaired) electrons. The van der Waals surface area contributed by atoms with Crippen LogP contribution in [0.15, 0.2) is 24.3 Å². The molecule has 2 amide bonds. The Hall–Kier alpha value is -2.41. The van der Waals surface area contributed by atoms with Crippen LogP contribution >= 0.6 is 11.3 Å². The minimum Gasteiger partial charge on any atom is -0.448 e. The van der Waals surface area contributed by atoms with Gasteiger partial charge in [0.1, 0.15) is 11.5 Å². The molecule has 1 aromatic heterocycles. The minimum atomic E-state index is -0.280. The van der Waals surface area contributed by atoms with Crippen LogP contribution < -0.4 is 5.32 Å². The number of carbonyl (C=O) groups is 2. The van der Waals surface area contributed by atoms with Gasteiger partial charge in [0.25, 0.3) is 5.91 Å². The second-order valence-electron chi connectivity index (χ2n) is 7.37. The lowest BCUT2D eigenvalue weighted by molar-refractivity contribution is 0.102. The van der Waals surface area contributed by atoms with Crippen LogP contribution in [0, 0.1) is 6.92 Å². The quantitative estimate of drug-likeness (QED) is 0.881. The van der Waals surface area contributed by atoms with Gasteiger partial charge in [-0.15, -0.1) is 11.3 Å². The van der Waals surface area contributed by atoms with Gasteiger partial charge in [-0.2, -0.15) is 0 Å². The zero-order valence-electron chi connectivity index (χ0n) is 15.5. The Balaban J connectivity index is 1.66. The molecule has 2 heterocycles. The molecule has 0 saturated carbocycles. The van der Waals surface area contributed by atoms with E-state index in [0.717, 1.165) is 16.3 Å². The number of nitrogens with one attached hydrogen (secondary N) is 1. The predicted molar refractivity (Wildman–Crippen MR) is 102 cm³/mol. The zero-order chi connectivity index (χ0) is 18.9. The van der Waals surface area contributed by atoms with Gasteiger partial charge in [0.15, 0.2) is 0 Å². The first-order chi connectivity index (χ1) is 12.2. The van der Waals surface area contributed by atoms with Crippen molar-refractivity contribution >= 4 is 29.0 Å². The smallest absolute Gasteiger partial charge is 0.410 e. The first kappa shape index (κ1) is 18.4. The lowest BCUT2D eigenvalue weighted by atomic mass is 9.98. The van der Waals surface area contributed by atoms with Crippen molar-refractivity contribution in [1.82, 2.24) is 9.88 Å². The molecule has 0 atom stereocenters. The molecule has 0 aliphatic carbocycles. The number of aryl methyl sites for hydroxylation is 1. The number of hydrogen-bond acceptors (Lipinski definition) is 5. The Morgan fingerprint density at radius 3 is 2.54 bits per heavy atom. The van der Waals surface area contributed by atoms with E-state index in [1.165, 1.54) is 11.3 Å². The van der Waals surface area contributed by atoms with Crippen molar-refractivity contribution in [2.75, 3.05) is 18.5 Å². The van der Waals surface area contributed by atoms with Crippen LogP contribution in [0.25, 0.3) is 0 Å². The van der Waals surface area contributed by atoms with Crippen LogP contribution in [0.4, 0.5) is 10.5 Å². The number of benzene rings is 1. The molecule has 0 unspecified atom stereocenters. The summed E-state index contributed by atoms with van der Waals surface area (Å²) < 4.78 is 4.93. The van der Waals surface area contributed by atoms with Gasteiger partial charge >= 0.3 is 6.09 Å². The summed E-state index contributed by atoms with van der Waals surface area (Å²) >= 11 is 1.44. The van der Waals surface area contributed by atoms with Gasteiger partial charge in [0, 0.05) is 17.6 Å². The molecule has 1 aliphatic heterocycles. The van der Waals surface area contributed by atoms with E-state index in [9.17, 15) is 9.59 Å². The standard InChI is InChI=1S/C19H23N3O3S/c1-12-15(26-17(20-12)19(2,3)4)16(23)21-14-7-5-13(6-8-14)11-22-9-10-25-18(22)24/h5-8H,9-11H2,1-4H3,(H,21,23). The molecule has 1 saturated heterocycles. The number of amides is 2. The lowest BCUT2D eigenvalue weighted by Crippen LogP contribution is -2.23. The van der Waals surface area contributed by atoms with Gasteiger partial charge in [-0.1, -0.05) is 32.9 Å². The predicted octanol–water partition coefficient (Wildman–Crippen LogP) is 3.95. The molecular formula is C19H23N3O3S. The Labute approximate surface area is 157 Å². The average molecular weight is 373 g/mol. The number of nitrogens with zero attached hydrogens (tertiary/aromatic N) is 2. The fraction of sp³-hybridized carbons (Fsp3) is 0.421. The van der Waals surface area contributed by atoms with Crippen LogP contribution in [0.3, 0.4) is 0 Å². The molecule has 7 heteroatoms. The lowest BCUT2D eigenvalue weighted by Gasteiger charge is -2.13. The van der Waals surface area contributed by atoms with Crippen molar-refractivity contribution in [3.8, 4) is 0 Å². The highest BCUT2D eigenvalue weighted by Crippen LogP contribution is 2.29. The average Bonchev–Trinajstić information content (AvgIpc) is 3.15. The number of aromatic nitrogens is 1. The van der Waals surface area contributed by atoms with E-state index in [1.54, 1.807) is 4.90 Å². The number of hydrogen-bond donors (Lipinski definition) is 1. The highest BCUT2D eigenvalue weighted by atomic mass is 32.1. The van der Waals surface area contributed by atoms with E-state index in [2.05, 4.69) is 31.1 Å². The summed E-state index contributed by atoms with van der Waals surface area (Å²) in [7, 11) is 0. The summed E-state index contributed by atoms with van der Waals surface area (Å²) in [5, 5.41) is 3.87. The Bertz CT molecular complexity index is 822. The van der Waals surface area contributed by atoms with Crippen molar-refractivity contribution in [3.63, 3.8) is 0 Å². The highest BCUT2D eigenvalue weighted by Gasteiger charge is 2.23. The highest BCUT2D eigenvalue weighted by molar-refractivity contribution is 7.14. The maximum absolute atomic E-state index is 12.6. The third-order valence-electron chi connectivity index (χ3n) is 4.07. The van der Waals surface area contributed by atoms with Crippen LogP contribution in [0.2, 0.25) is 0 Å². The van der Waals surface area contributed by atoms with E-state index in [-0.39, 0.29) is 17.4 Å². The molecule has 1 aliphatic rings. The van der Waals surface area contributed by atoms with E-state index in [1.807, 2.05) is 31.2 Å². The normalized spacial score (nSPS) is 14.5. The number of ether oxygens (including phenoxy) is 1. The molecule has 1 fully saturated rings. The van der Waals surface area contributed by atoms with Crippen molar-refractivity contribution < 1.29 is 14.3 Å². The van der Waals surface area contributed by atoms with E-state index in [4.69, 9.17) is 4.74 Å². The number of cyclic esters (lactones) is 1. The Morgan fingerprint density at radius 2 is 2.00 bits per heavy atom. The minimum absolute atomic E-state index is 0.0771. The van der Waals surface area contributed by atoms with Gasteiger partial charge in [0.05, 0.1) is 17.2 Å². The molecule has 1 N–H and O–H groups in total. The third-order valence-corrected chi connectivity index (χ3v) is 5.66. The van der Waals surface area contributed by atoms with Gasteiger partial charge < -0.3 is 15.0 Å². The number of anilines is 1. The molecule has 138 valence electrons. The first-order valence-corrected chi connectivity index (χ1v) is 9.35. The Morgan fingerprint density at radius 1 is 1.31 bits per heavy atom. The van der Waals surface area contributed by atoms with E-state index >= 15 is 0 Å². The van der Waals surface area contributed by atoms with Crippen molar-refractivity contribution in [2.45, 2.75) is 39.7 Å². The number of thiazole rings is 1.